The summed E-state index contributed by atoms with van der Waals surface area (Å²) >= 11 is 0. The lowest BCUT2D eigenvalue weighted by Crippen LogP contribution is -2.36. The highest BCUT2D eigenvalue weighted by Gasteiger charge is 2.24. The van der Waals surface area contributed by atoms with Crippen molar-refractivity contribution in [1.29, 1.82) is 0 Å². The molecule has 3 aromatic rings. The van der Waals surface area contributed by atoms with Gasteiger partial charge in [0, 0.05) is 12.2 Å². The van der Waals surface area contributed by atoms with E-state index in [0.29, 0.717) is 6.54 Å². The number of anilines is 1. The van der Waals surface area contributed by atoms with Gasteiger partial charge in [0.25, 0.3) is 5.91 Å². The number of fused-ring (bicyclic) bond motifs is 2. The van der Waals surface area contributed by atoms with Crippen molar-refractivity contribution >= 4 is 34.2 Å². The molecule has 0 saturated carbocycles. The second-order valence-electron chi connectivity index (χ2n) is 7.18. The minimum absolute atomic E-state index is 0.165. The molecular weight excluding hydrogens is 380 g/mol. The number of esters is 1. The van der Waals surface area contributed by atoms with Crippen molar-refractivity contribution < 1.29 is 19.1 Å². The van der Waals surface area contributed by atoms with Crippen LogP contribution < -0.4 is 10.2 Å². The molecule has 0 fully saturated rings. The second-order valence-corrected chi connectivity index (χ2v) is 7.18. The molecule has 0 aliphatic carbocycles. The zero-order valence-electron chi connectivity index (χ0n) is 16.5. The van der Waals surface area contributed by atoms with Gasteiger partial charge in [-0.25, -0.2) is 0 Å². The fraction of sp³-hybridized carbons (Fsp3) is 0.208. The van der Waals surface area contributed by atoms with Crippen LogP contribution in [0.25, 0.3) is 10.8 Å². The molecule has 6 nitrogen and oxygen atoms in total. The number of amides is 2. The predicted octanol–water partition coefficient (Wildman–Crippen LogP) is 2.63. The number of hydrogen-bond donors (Lipinski definition) is 1. The molecule has 30 heavy (non-hydrogen) atoms. The number of carbonyl (C=O) groups excluding carboxylic acids is 3. The predicted molar refractivity (Wildman–Crippen MR) is 114 cm³/mol. The Hall–Kier alpha value is -3.67. The Morgan fingerprint density at radius 3 is 2.60 bits per heavy atom. The summed E-state index contributed by atoms with van der Waals surface area (Å²) in [5.74, 6) is -1.18. The number of nitrogens with one attached hydrogen (secondary N) is 1. The van der Waals surface area contributed by atoms with E-state index in [-0.39, 0.29) is 31.4 Å². The van der Waals surface area contributed by atoms with Gasteiger partial charge in [-0.2, -0.15) is 0 Å². The first-order valence-corrected chi connectivity index (χ1v) is 9.89. The molecule has 0 unspecified atom stereocenters. The Kier molecular flexibility index (Phi) is 5.75. The molecule has 152 valence electrons. The third kappa shape index (κ3) is 4.33. The molecule has 0 aromatic heterocycles. The molecule has 0 spiro atoms. The molecule has 0 bridgehead atoms. The van der Waals surface area contributed by atoms with Crippen molar-refractivity contribution in [3.63, 3.8) is 0 Å². The van der Waals surface area contributed by atoms with Crippen molar-refractivity contribution in [2.24, 2.45) is 0 Å². The first-order valence-electron chi connectivity index (χ1n) is 9.89. The van der Waals surface area contributed by atoms with Crippen LogP contribution in [0.4, 0.5) is 5.69 Å². The fourth-order valence-corrected chi connectivity index (χ4v) is 3.72. The van der Waals surface area contributed by atoms with Gasteiger partial charge in [0.15, 0.2) is 6.61 Å². The average molecular weight is 402 g/mol. The summed E-state index contributed by atoms with van der Waals surface area (Å²) in [5, 5.41) is 4.63. The number of hydrogen-bond acceptors (Lipinski definition) is 4. The lowest BCUT2D eigenvalue weighted by Gasteiger charge is -2.17. The van der Waals surface area contributed by atoms with Gasteiger partial charge in [-0.05, 0) is 34.4 Å². The van der Waals surface area contributed by atoms with E-state index in [1.165, 1.54) is 0 Å². The summed E-state index contributed by atoms with van der Waals surface area (Å²) in [5.41, 5.74) is 2.86. The van der Waals surface area contributed by atoms with Crippen LogP contribution in [0, 0.1) is 0 Å². The molecule has 4 rings (SSSR count). The van der Waals surface area contributed by atoms with Gasteiger partial charge < -0.3 is 15.0 Å². The third-order valence-electron chi connectivity index (χ3n) is 5.21. The van der Waals surface area contributed by atoms with Crippen LogP contribution in [0.3, 0.4) is 0 Å². The Morgan fingerprint density at radius 2 is 1.70 bits per heavy atom. The molecule has 1 aliphatic heterocycles. The smallest absolute Gasteiger partial charge is 0.325 e. The van der Waals surface area contributed by atoms with Gasteiger partial charge in [0.1, 0.15) is 6.54 Å². The van der Waals surface area contributed by atoms with Crippen molar-refractivity contribution in [2.45, 2.75) is 12.8 Å². The van der Waals surface area contributed by atoms with Crippen LogP contribution in [-0.4, -0.2) is 37.5 Å². The van der Waals surface area contributed by atoms with Crippen LogP contribution in [0.1, 0.15) is 11.1 Å². The van der Waals surface area contributed by atoms with Crippen LogP contribution >= 0.6 is 0 Å². The number of rotatable bonds is 6. The van der Waals surface area contributed by atoms with E-state index in [9.17, 15) is 14.4 Å². The highest BCUT2D eigenvalue weighted by Crippen LogP contribution is 2.27. The van der Waals surface area contributed by atoms with Crippen molar-refractivity contribution in [3.05, 3.63) is 77.9 Å². The van der Waals surface area contributed by atoms with E-state index >= 15 is 0 Å². The molecule has 0 radical (unpaired) electrons. The van der Waals surface area contributed by atoms with E-state index in [1.54, 1.807) is 4.90 Å². The van der Waals surface area contributed by atoms with Gasteiger partial charge in [-0.3, -0.25) is 14.4 Å². The van der Waals surface area contributed by atoms with E-state index in [2.05, 4.69) is 5.32 Å². The quantitative estimate of drug-likeness (QED) is 0.643. The summed E-state index contributed by atoms with van der Waals surface area (Å²) in [6.45, 7) is -0.0304. The number of nitrogens with zero attached hydrogens (tertiary/aromatic N) is 1. The highest BCUT2D eigenvalue weighted by molar-refractivity contribution is 5.97. The third-order valence-corrected chi connectivity index (χ3v) is 5.21. The zero-order valence-corrected chi connectivity index (χ0v) is 16.5. The molecule has 1 heterocycles. The Morgan fingerprint density at radius 1 is 0.933 bits per heavy atom. The van der Waals surface area contributed by atoms with Gasteiger partial charge in [0.05, 0.1) is 6.42 Å². The Bertz CT molecular complexity index is 1100. The number of para-hydroxylation sites is 1. The van der Waals surface area contributed by atoms with Gasteiger partial charge in [-0.15, -0.1) is 0 Å². The van der Waals surface area contributed by atoms with Crippen LogP contribution in [-0.2, 0) is 32.0 Å². The van der Waals surface area contributed by atoms with E-state index in [4.69, 9.17) is 4.74 Å². The first-order chi connectivity index (χ1) is 14.6. The van der Waals surface area contributed by atoms with Crippen molar-refractivity contribution in [3.8, 4) is 0 Å². The molecule has 1 N–H and O–H groups in total. The van der Waals surface area contributed by atoms with Gasteiger partial charge in [0.2, 0.25) is 5.91 Å². The summed E-state index contributed by atoms with van der Waals surface area (Å²) in [7, 11) is 0. The molecular formula is C24H22N2O4. The minimum atomic E-state index is -0.637. The second kappa shape index (κ2) is 8.78. The first kappa shape index (κ1) is 19.6. The van der Waals surface area contributed by atoms with Crippen LogP contribution in [0.5, 0.6) is 0 Å². The maximum absolute atomic E-state index is 12.4. The monoisotopic (exact) mass is 402 g/mol. The number of ether oxygens (including phenoxy) is 1. The number of benzene rings is 3. The lowest BCUT2D eigenvalue weighted by molar-refractivity contribution is -0.147. The van der Waals surface area contributed by atoms with Crippen molar-refractivity contribution in [2.75, 3.05) is 24.6 Å². The zero-order chi connectivity index (χ0) is 20.9. The van der Waals surface area contributed by atoms with Gasteiger partial charge in [-0.1, -0.05) is 60.7 Å². The standard InChI is InChI=1S/C24H22N2O4/c27-22(14-19-9-5-8-17-6-1-3-10-20(17)19)25-15-24(29)30-16-23(28)26-13-12-18-7-2-4-11-21(18)26/h1-11H,12-16H2,(H,25,27). The van der Waals surface area contributed by atoms with Crippen LogP contribution in [0.2, 0.25) is 0 Å². The van der Waals surface area contributed by atoms with E-state index < -0.39 is 5.97 Å². The Labute approximate surface area is 174 Å². The molecule has 0 saturated heterocycles. The summed E-state index contributed by atoms with van der Waals surface area (Å²) < 4.78 is 5.06. The molecule has 1 aliphatic rings. The topological polar surface area (TPSA) is 75.7 Å². The lowest BCUT2D eigenvalue weighted by atomic mass is 10.0. The molecule has 3 aromatic carbocycles. The number of carbonyl (C=O) groups is 3. The maximum atomic E-state index is 12.4. The molecule has 6 heteroatoms. The van der Waals surface area contributed by atoms with Crippen LogP contribution in [0.15, 0.2) is 66.7 Å². The van der Waals surface area contributed by atoms with Gasteiger partial charge >= 0.3 is 5.97 Å². The average Bonchev–Trinajstić information content (AvgIpc) is 3.20. The summed E-state index contributed by atoms with van der Waals surface area (Å²) in [4.78, 5) is 38.2. The van der Waals surface area contributed by atoms with E-state index in [0.717, 1.165) is 34.0 Å². The largest absolute Gasteiger partial charge is 0.454 e. The SMILES string of the molecule is O=C(Cc1cccc2ccccc12)NCC(=O)OCC(=O)N1CCc2ccccc21. The normalized spacial score (nSPS) is 12.5. The van der Waals surface area contributed by atoms with E-state index in [1.807, 2.05) is 66.7 Å². The highest BCUT2D eigenvalue weighted by atomic mass is 16.5. The fourth-order valence-electron chi connectivity index (χ4n) is 3.72. The molecule has 0 atom stereocenters. The Balaban J connectivity index is 1.25. The van der Waals surface area contributed by atoms with Crippen molar-refractivity contribution in [1.82, 2.24) is 5.32 Å². The summed E-state index contributed by atoms with van der Waals surface area (Å²) in [6.07, 6.45) is 0.957. The minimum Gasteiger partial charge on any atom is -0.454 e. The maximum Gasteiger partial charge on any atom is 0.325 e. The summed E-state index contributed by atoms with van der Waals surface area (Å²) in [6, 6.07) is 21.3. The molecule has 2 amide bonds.